The lowest BCUT2D eigenvalue weighted by molar-refractivity contribution is -0.113. The number of nitrogens with zero attached hydrogens (tertiary/aromatic N) is 2. The van der Waals surface area contributed by atoms with Crippen molar-refractivity contribution in [2.24, 2.45) is 0 Å². The summed E-state index contributed by atoms with van der Waals surface area (Å²) >= 11 is 1.26. The Hall–Kier alpha value is -3.38. The quantitative estimate of drug-likeness (QED) is 0.325. The summed E-state index contributed by atoms with van der Waals surface area (Å²) < 4.78 is 1.59. The number of nitrogens with one attached hydrogen (secondary N) is 1. The fraction of sp³-hybridized carbons (Fsp3) is 0.192. The van der Waals surface area contributed by atoms with Crippen LogP contribution in [-0.2, 0) is 11.2 Å². The zero-order chi connectivity index (χ0) is 22.7. The van der Waals surface area contributed by atoms with E-state index in [2.05, 4.69) is 12.2 Å². The van der Waals surface area contributed by atoms with E-state index in [1.54, 1.807) is 10.6 Å². The van der Waals surface area contributed by atoms with Gasteiger partial charge in [0, 0.05) is 5.69 Å². The lowest BCUT2D eigenvalue weighted by Crippen LogP contribution is -2.23. The number of para-hydroxylation sites is 2. The second-order valence-electron chi connectivity index (χ2n) is 7.69. The van der Waals surface area contributed by atoms with Crippen molar-refractivity contribution >= 4 is 34.3 Å². The summed E-state index contributed by atoms with van der Waals surface area (Å²) in [6, 6.07) is 21.0. The number of benzene rings is 3. The summed E-state index contributed by atoms with van der Waals surface area (Å²) in [4.78, 5) is 30.8. The molecule has 1 aromatic heterocycles. The predicted octanol–water partition coefficient (Wildman–Crippen LogP) is 5.30. The molecule has 6 heteroatoms. The van der Waals surface area contributed by atoms with E-state index in [1.165, 1.54) is 11.8 Å². The average Bonchev–Trinajstić information content (AvgIpc) is 2.80. The van der Waals surface area contributed by atoms with Crippen LogP contribution in [0.3, 0.4) is 0 Å². The fourth-order valence-electron chi connectivity index (χ4n) is 3.64. The maximum atomic E-state index is 13.3. The van der Waals surface area contributed by atoms with E-state index < -0.39 is 0 Å². The normalized spacial score (nSPS) is 11.0. The van der Waals surface area contributed by atoms with Crippen LogP contribution in [0, 0.1) is 13.8 Å². The zero-order valence-electron chi connectivity index (χ0n) is 18.4. The summed E-state index contributed by atoms with van der Waals surface area (Å²) in [7, 11) is 0. The first-order chi connectivity index (χ1) is 15.5. The first-order valence-electron chi connectivity index (χ1n) is 10.6. The van der Waals surface area contributed by atoms with Crippen molar-refractivity contribution in [3.63, 3.8) is 0 Å². The van der Waals surface area contributed by atoms with Crippen LogP contribution in [0.1, 0.15) is 23.6 Å². The number of aromatic nitrogens is 2. The Bertz CT molecular complexity index is 1340. The number of amides is 1. The van der Waals surface area contributed by atoms with E-state index in [0.717, 1.165) is 34.5 Å². The zero-order valence-corrected chi connectivity index (χ0v) is 19.2. The van der Waals surface area contributed by atoms with Gasteiger partial charge in [-0.15, -0.1) is 0 Å². The van der Waals surface area contributed by atoms with Gasteiger partial charge in [-0.25, -0.2) is 4.98 Å². The SMILES string of the molecule is CCc1cccc(C)c1NC(=O)CSc1nc2ccccc2c(=O)n1-c1ccc(C)cc1. The summed E-state index contributed by atoms with van der Waals surface area (Å²) in [6.45, 7) is 6.06. The highest BCUT2D eigenvalue weighted by molar-refractivity contribution is 7.99. The van der Waals surface area contributed by atoms with E-state index >= 15 is 0 Å². The monoisotopic (exact) mass is 443 g/mol. The van der Waals surface area contributed by atoms with Crippen molar-refractivity contribution in [1.29, 1.82) is 0 Å². The van der Waals surface area contributed by atoms with Gasteiger partial charge in [0.1, 0.15) is 0 Å². The molecule has 0 aliphatic heterocycles. The molecule has 0 bridgehead atoms. The van der Waals surface area contributed by atoms with Crippen LogP contribution < -0.4 is 10.9 Å². The standard InChI is InChI=1S/C26H25N3O2S/c1-4-19-9-7-8-18(3)24(19)28-23(30)16-32-26-27-22-11-6-5-10-21(22)25(31)29(26)20-14-12-17(2)13-15-20/h5-15H,4,16H2,1-3H3,(H,28,30). The van der Waals surface area contributed by atoms with Gasteiger partial charge in [-0.05, 0) is 55.7 Å². The van der Waals surface area contributed by atoms with Crippen LogP contribution in [0.25, 0.3) is 16.6 Å². The van der Waals surface area contributed by atoms with Gasteiger partial charge in [-0.3, -0.25) is 14.2 Å². The summed E-state index contributed by atoms with van der Waals surface area (Å²) in [5.74, 6) is 0.0191. The molecule has 0 aliphatic carbocycles. The molecule has 0 fully saturated rings. The minimum Gasteiger partial charge on any atom is -0.325 e. The van der Waals surface area contributed by atoms with Crippen molar-refractivity contribution in [3.05, 3.63) is 93.8 Å². The molecule has 0 unspecified atom stereocenters. The summed E-state index contributed by atoms with van der Waals surface area (Å²) in [5, 5.41) is 4.09. The maximum absolute atomic E-state index is 13.3. The molecular weight excluding hydrogens is 418 g/mol. The number of hydrogen-bond acceptors (Lipinski definition) is 4. The van der Waals surface area contributed by atoms with E-state index in [-0.39, 0.29) is 17.2 Å². The number of anilines is 1. The van der Waals surface area contributed by atoms with Gasteiger partial charge >= 0.3 is 0 Å². The van der Waals surface area contributed by atoms with Crippen LogP contribution in [0.5, 0.6) is 0 Å². The van der Waals surface area contributed by atoms with E-state index in [1.807, 2.05) is 74.5 Å². The Morgan fingerprint density at radius 2 is 1.75 bits per heavy atom. The lowest BCUT2D eigenvalue weighted by Gasteiger charge is -2.15. The number of aryl methyl sites for hydroxylation is 3. The van der Waals surface area contributed by atoms with Crippen LogP contribution >= 0.6 is 11.8 Å². The molecule has 162 valence electrons. The van der Waals surface area contributed by atoms with Gasteiger partial charge in [0.15, 0.2) is 5.16 Å². The number of carbonyl (C=O) groups is 1. The fourth-order valence-corrected chi connectivity index (χ4v) is 4.45. The second kappa shape index (κ2) is 9.40. The molecule has 0 atom stereocenters. The average molecular weight is 444 g/mol. The van der Waals surface area contributed by atoms with Gasteiger partial charge in [-0.2, -0.15) is 0 Å². The molecular formula is C26H25N3O2S. The predicted molar refractivity (Wildman–Crippen MR) is 132 cm³/mol. The molecule has 0 spiro atoms. The third-order valence-electron chi connectivity index (χ3n) is 5.37. The van der Waals surface area contributed by atoms with E-state index in [0.29, 0.717) is 16.1 Å². The second-order valence-corrected chi connectivity index (χ2v) is 8.63. The number of hydrogen-bond donors (Lipinski definition) is 1. The molecule has 0 saturated carbocycles. The number of carbonyl (C=O) groups excluding carboxylic acids is 1. The van der Waals surface area contributed by atoms with Gasteiger partial charge in [0.2, 0.25) is 5.91 Å². The van der Waals surface area contributed by atoms with Crippen molar-refractivity contribution in [2.75, 3.05) is 11.1 Å². The van der Waals surface area contributed by atoms with Crippen LogP contribution in [0.15, 0.2) is 76.7 Å². The topological polar surface area (TPSA) is 64.0 Å². The third kappa shape index (κ3) is 4.46. The van der Waals surface area contributed by atoms with E-state index in [9.17, 15) is 9.59 Å². The maximum Gasteiger partial charge on any atom is 0.266 e. The Kier molecular flexibility index (Phi) is 6.42. The van der Waals surface area contributed by atoms with Crippen LogP contribution in [-0.4, -0.2) is 21.2 Å². The van der Waals surface area contributed by atoms with Crippen molar-refractivity contribution < 1.29 is 4.79 Å². The van der Waals surface area contributed by atoms with Crippen LogP contribution in [0.4, 0.5) is 5.69 Å². The highest BCUT2D eigenvalue weighted by Gasteiger charge is 2.16. The van der Waals surface area contributed by atoms with E-state index in [4.69, 9.17) is 4.98 Å². The molecule has 0 aliphatic rings. The molecule has 1 N–H and O–H groups in total. The molecule has 5 nitrogen and oxygen atoms in total. The lowest BCUT2D eigenvalue weighted by atomic mass is 10.1. The van der Waals surface area contributed by atoms with Crippen molar-refractivity contribution in [1.82, 2.24) is 9.55 Å². The molecule has 3 aromatic carbocycles. The minimum atomic E-state index is -0.144. The van der Waals surface area contributed by atoms with Gasteiger partial charge < -0.3 is 5.32 Å². The number of fused-ring (bicyclic) bond motifs is 1. The Labute approximate surface area is 191 Å². The van der Waals surface area contributed by atoms with Crippen molar-refractivity contribution in [2.45, 2.75) is 32.3 Å². The third-order valence-corrected chi connectivity index (χ3v) is 6.31. The highest BCUT2D eigenvalue weighted by Crippen LogP contribution is 2.24. The molecule has 32 heavy (non-hydrogen) atoms. The Balaban J connectivity index is 1.67. The minimum absolute atomic E-state index is 0.128. The largest absolute Gasteiger partial charge is 0.325 e. The molecule has 1 heterocycles. The first-order valence-corrected chi connectivity index (χ1v) is 11.6. The first kappa shape index (κ1) is 21.8. The summed E-state index contributed by atoms with van der Waals surface area (Å²) in [5.41, 5.74) is 5.31. The highest BCUT2D eigenvalue weighted by atomic mass is 32.2. The summed E-state index contributed by atoms with van der Waals surface area (Å²) in [6.07, 6.45) is 0.837. The molecule has 4 rings (SSSR count). The molecule has 0 radical (unpaired) electrons. The molecule has 4 aromatic rings. The molecule has 0 saturated heterocycles. The van der Waals surface area contributed by atoms with Crippen LogP contribution in [0.2, 0.25) is 0 Å². The number of thioether (sulfide) groups is 1. The number of rotatable bonds is 6. The van der Waals surface area contributed by atoms with Crippen molar-refractivity contribution in [3.8, 4) is 5.69 Å². The van der Waals surface area contributed by atoms with Gasteiger partial charge in [0.25, 0.3) is 5.56 Å². The smallest absolute Gasteiger partial charge is 0.266 e. The Morgan fingerprint density at radius 1 is 1.00 bits per heavy atom. The molecule has 1 amide bonds. The Morgan fingerprint density at radius 3 is 2.50 bits per heavy atom. The van der Waals surface area contributed by atoms with Gasteiger partial charge in [0.05, 0.1) is 22.3 Å². The van der Waals surface area contributed by atoms with Gasteiger partial charge in [-0.1, -0.05) is 66.7 Å².